The van der Waals surface area contributed by atoms with Crippen molar-refractivity contribution in [3.05, 3.63) is 23.5 Å². The maximum absolute atomic E-state index is 12.6. The van der Waals surface area contributed by atoms with Crippen molar-refractivity contribution in [2.45, 2.75) is 37.4 Å². The van der Waals surface area contributed by atoms with Gasteiger partial charge in [-0.05, 0) is 32.9 Å². The van der Waals surface area contributed by atoms with Crippen molar-refractivity contribution in [3.63, 3.8) is 0 Å². The Labute approximate surface area is 118 Å². The molecule has 1 fully saturated rings. The Bertz CT molecular complexity index is 574. The van der Waals surface area contributed by atoms with Crippen molar-refractivity contribution < 1.29 is 13.2 Å². The molecule has 0 bridgehead atoms. The molecule has 2 rings (SSSR count). The highest BCUT2D eigenvalue weighted by Gasteiger charge is 2.37. The molecule has 1 atom stereocenters. The third-order valence-electron chi connectivity index (χ3n) is 2.87. The Hall–Kier alpha value is -0.690. The van der Waals surface area contributed by atoms with Gasteiger partial charge >= 0.3 is 0 Å². The highest BCUT2D eigenvalue weighted by Crippen LogP contribution is 2.26. The molecular weight excluding hydrogens is 288 g/mol. The standard InChI is InChI=1S/C12H17ClN2O3S/c1-9-7-15(8-12(2,3)18-9)19(16,17)10-4-5-14-11(13)6-10/h4-6,9H,7-8H2,1-3H3. The molecule has 1 aliphatic rings. The molecule has 106 valence electrons. The predicted molar refractivity (Wildman–Crippen MR) is 72.6 cm³/mol. The lowest BCUT2D eigenvalue weighted by molar-refractivity contribution is -0.109. The average Bonchev–Trinajstić information content (AvgIpc) is 2.26. The van der Waals surface area contributed by atoms with E-state index in [0.29, 0.717) is 13.1 Å². The van der Waals surface area contributed by atoms with E-state index in [4.69, 9.17) is 16.3 Å². The molecule has 0 saturated carbocycles. The second-order valence-corrected chi connectivity index (χ2v) is 7.63. The van der Waals surface area contributed by atoms with Crippen LogP contribution in [0, 0.1) is 0 Å². The topological polar surface area (TPSA) is 59.5 Å². The van der Waals surface area contributed by atoms with Crippen molar-refractivity contribution >= 4 is 21.6 Å². The molecule has 0 aromatic carbocycles. The Balaban J connectivity index is 2.34. The molecule has 0 N–H and O–H groups in total. The maximum Gasteiger partial charge on any atom is 0.243 e. The van der Waals surface area contributed by atoms with E-state index in [0.717, 1.165) is 0 Å². The smallest absolute Gasteiger partial charge is 0.243 e. The van der Waals surface area contributed by atoms with E-state index >= 15 is 0 Å². The highest BCUT2D eigenvalue weighted by molar-refractivity contribution is 7.89. The molecule has 1 aliphatic heterocycles. The van der Waals surface area contributed by atoms with E-state index in [9.17, 15) is 8.42 Å². The van der Waals surface area contributed by atoms with Gasteiger partial charge in [-0.1, -0.05) is 11.6 Å². The van der Waals surface area contributed by atoms with Gasteiger partial charge in [0.1, 0.15) is 5.15 Å². The molecule has 1 unspecified atom stereocenters. The van der Waals surface area contributed by atoms with E-state index in [1.807, 2.05) is 20.8 Å². The van der Waals surface area contributed by atoms with Crippen LogP contribution in [0.3, 0.4) is 0 Å². The number of pyridine rings is 1. The summed E-state index contributed by atoms with van der Waals surface area (Å²) in [5.74, 6) is 0. The molecule has 0 amide bonds. The van der Waals surface area contributed by atoms with Crippen LogP contribution in [0.15, 0.2) is 23.2 Å². The number of halogens is 1. The van der Waals surface area contributed by atoms with Gasteiger partial charge in [0, 0.05) is 19.3 Å². The van der Waals surface area contributed by atoms with Crippen LogP contribution in [0.4, 0.5) is 0 Å². The Kier molecular flexibility index (Phi) is 3.88. The van der Waals surface area contributed by atoms with Crippen LogP contribution in [-0.2, 0) is 14.8 Å². The van der Waals surface area contributed by atoms with Gasteiger partial charge in [0.2, 0.25) is 10.0 Å². The third-order valence-corrected chi connectivity index (χ3v) is 4.89. The van der Waals surface area contributed by atoms with E-state index in [-0.39, 0.29) is 16.2 Å². The summed E-state index contributed by atoms with van der Waals surface area (Å²) in [6.45, 7) is 6.28. The zero-order valence-corrected chi connectivity index (χ0v) is 12.7. The lowest BCUT2D eigenvalue weighted by Crippen LogP contribution is -2.53. The van der Waals surface area contributed by atoms with Crippen molar-refractivity contribution in [2.24, 2.45) is 0 Å². The van der Waals surface area contributed by atoms with Crippen LogP contribution < -0.4 is 0 Å². The summed E-state index contributed by atoms with van der Waals surface area (Å²) in [6, 6.07) is 2.82. The molecule has 0 aliphatic carbocycles. The first kappa shape index (κ1) is 14.7. The largest absolute Gasteiger partial charge is 0.370 e. The van der Waals surface area contributed by atoms with Gasteiger partial charge < -0.3 is 4.74 Å². The van der Waals surface area contributed by atoms with Gasteiger partial charge in [-0.3, -0.25) is 0 Å². The van der Waals surface area contributed by atoms with Crippen LogP contribution in [0.5, 0.6) is 0 Å². The number of hydrogen-bond acceptors (Lipinski definition) is 4. The fourth-order valence-electron chi connectivity index (χ4n) is 2.27. The number of aromatic nitrogens is 1. The van der Waals surface area contributed by atoms with Crippen LogP contribution >= 0.6 is 11.6 Å². The number of morpholine rings is 1. The number of nitrogens with zero attached hydrogens (tertiary/aromatic N) is 2. The van der Waals surface area contributed by atoms with Crippen molar-refractivity contribution in [1.29, 1.82) is 0 Å². The quantitative estimate of drug-likeness (QED) is 0.783. The summed E-state index contributed by atoms with van der Waals surface area (Å²) in [6.07, 6.45) is 1.25. The minimum absolute atomic E-state index is 0.143. The first-order valence-electron chi connectivity index (χ1n) is 6.00. The molecule has 0 radical (unpaired) electrons. The number of rotatable bonds is 2. The molecule has 7 heteroatoms. The van der Waals surface area contributed by atoms with Gasteiger partial charge in [-0.2, -0.15) is 4.31 Å². The molecule has 19 heavy (non-hydrogen) atoms. The third kappa shape index (κ3) is 3.25. The predicted octanol–water partition coefficient (Wildman–Crippen LogP) is 1.92. The molecule has 2 heterocycles. The van der Waals surface area contributed by atoms with Crippen LogP contribution in [0.2, 0.25) is 5.15 Å². The molecule has 1 saturated heterocycles. The minimum Gasteiger partial charge on any atom is -0.370 e. The normalized spacial score (nSPS) is 24.3. The van der Waals surface area contributed by atoms with Crippen molar-refractivity contribution in [1.82, 2.24) is 9.29 Å². The van der Waals surface area contributed by atoms with Crippen LogP contribution in [0.25, 0.3) is 0 Å². The van der Waals surface area contributed by atoms with E-state index < -0.39 is 15.6 Å². The monoisotopic (exact) mass is 304 g/mol. The summed E-state index contributed by atoms with van der Waals surface area (Å²) >= 11 is 5.76. The molecule has 1 aromatic rings. The number of ether oxygens (including phenoxy) is 1. The average molecular weight is 305 g/mol. The second kappa shape index (κ2) is 5.01. The zero-order chi connectivity index (χ0) is 14.3. The molecular formula is C12H17ClN2O3S. The fraction of sp³-hybridized carbons (Fsp3) is 0.583. The number of hydrogen-bond donors (Lipinski definition) is 0. The first-order valence-corrected chi connectivity index (χ1v) is 7.82. The summed E-state index contributed by atoms with van der Waals surface area (Å²) in [4.78, 5) is 3.96. The molecule has 1 aromatic heterocycles. The summed E-state index contributed by atoms with van der Waals surface area (Å²) in [5, 5.41) is 0.168. The van der Waals surface area contributed by atoms with Gasteiger partial charge in [-0.25, -0.2) is 13.4 Å². The van der Waals surface area contributed by atoms with Gasteiger partial charge in [-0.15, -0.1) is 0 Å². The maximum atomic E-state index is 12.6. The Morgan fingerprint density at radius 3 is 2.79 bits per heavy atom. The lowest BCUT2D eigenvalue weighted by Gasteiger charge is -2.40. The van der Waals surface area contributed by atoms with Gasteiger partial charge in [0.05, 0.1) is 16.6 Å². The Morgan fingerprint density at radius 2 is 2.21 bits per heavy atom. The van der Waals surface area contributed by atoms with Crippen LogP contribution in [-0.4, -0.2) is 42.5 Å². The first-order chi connectivity index (χ1) is 8.71. The zero-order valence-electron chi connectivity index (χ0n) is 11.1. The van der Waals surface area contributed by atoms with Crippen molar-refractivity contribution in [2.75, 3.05) is 13.1 Å². The minimum atomic E-state index is -3.56. The summed E-state index contributed by atoms with van der Waals surface area (Å²) in [7, 11) is -3.56. The van der Waals surface area contributed by atoms with E-state index in [1.165, 1.54) is 22.6 Å². The van der Waals surface area contributed by atoms with Gasteiger partial charge in [0.25, 0.3) is 0 Å². The number of sulfonamides is 1. The van der Waals surface area contributed by atoms with Crippen LogP contribution in [0.1, 0.15) is 20.8 Å². The second-order valence-electron chi connectivity index (χ2n) is 5.30. The molecule has 5 nitrogen and oxygen atoms in total. The summed E-state index contributed by atoms with van der Waals surface area (Å²) in [5.41, 5.74) is -0.498. The van der Waals surface area contributed by atoms with E-state index in [1.54, 1.807) is 0 Å². The molecule has 0 spiro atoms. The highest BCUT2D eigenvalue weighted by atomic mass is 35.5. The summed E-state index contributed by atoms with van der Waals surface area (Å²) < 4.78 is 32.3. The fourth-order valence-corrected chi connectivity index (χ4v) is 4.19. The van der Waals surface area contributed by atoms with Gasteiger partial charge in [0.15, 0.2) is 0 Å². The SMILES string of the molecule is CC1CN(S(=O)(=O)c2ccnc(Cl)c2)CC(C)(C)O1. The van der Waals surface area contributed by atoms with E-state index in [2.05, 4.69) is 4.98 Å². The lowest BCUT2D eigenvalue weighted by atomic mass is 10.1. The Morgan fingerprint density at radius 1 is 1.53 bits per heavy atom. The van der Waals surface area contributed by atoms with Crippen molar-refractivity contribution in [3.8, 4) is 0 Å².